The van der Waals surface area contributed by atoms with Crippen LogP contribution in [0.15, 0.2) is 12.7 Å². The zero-order valence-electron chi connectivity index (χ0n) is 9.88. The van der Waals surface area contributed by atoms with Gasteiger partial charge < -0.3 is 10.1 Å². The minimum atomic E-state index is 0.356. The maximum atomic E-state index is 5.69. The number of likely N-dealkylation sites (N-methyl/N-ethyl adjacent to an activating group) is 1. The molecular weight excluding hydrogens is 174 g/mol. The van der Waals surface area contributed by atoms with E-state index in [1.165, 1.54) is 12.8 Å². The molecule has 0 heterocycles. The van der Waals surface area contributed by atoms with E-state index in [4.69, 9.17) is 4.74 Å². The molecule has 0 aromatic heterocycles. The Morgan fingerprint density at radius 3 is 2.57 bits per heavy atom. The van der Waals surface area contributed by atoms with Crippen molar-refractivity contribution in [3.05, 3.63) is 12.7 Å². The number of ether oxygens (including phenoxy) is 1. The number of hydrogen-bond acceptors (Lipinski definition) is 2. The highest BCUT2D eigenvalue weighted by Crippen LogP contribution is 2.11. The maximum absolute atomic E-state index is 5.69. The molecule has 0 fully saturated rings. The molecule has 0 aromatic carbocycles. The van der Waals surface area contributed by atoms with Gasteiger partial charge >= 0.3 is 0 Å². The van der Waals surface area contributed by atoms with Gasteiger partial charge in [-0.3, -0.25) is 0 Å². The summed E-state index contributed by atoms with van der Waals surface area (Å²) >= 11 is 0. The van der Waals surface area contributed by atoms with Gasteiger partial charge in [-0.1, -0.05) is 13.0 Å². The molecule has 84 valence electrons. The molecule has 1 N–H and O–H groups in total. The first kappa shape index (κ1) is 13.7. The molecule has 0 spiro atoms. The fourth-order valence-electron chi connectivity index (χ4n) is 1.73. The van der Waals surface area contributed by atoms with E-state index in [-0.39, 0.29) is 0 Å². The molecule has 0 aromatic rings. The molecule has 0 saturated carbocycles. The van der Waals surface area contributed by atoms with Crippen molar-refractivity contribution in [3.63, 3.8) is 0 Å². The van der Waals surface area contributed by atoms with Crippen molar-refractivity contribution >= 4 is 0 Å². The molecule has 2 heteroatoms. The van der Waals surface area contributed by atoms with Crippen LogP contribution < -0.4 is 5.32 Å². The van der Waals surface area contributed by atoms with E-state index in [1.54, 1.807) is 0 Å². The standard InChI is InChI=1S/C12H25NO/c1-5-8-9-10-11(13-4)12(6-2)14-7-3/h5,11-13H,1,6-10H2,2-4H3. The topological polar surface area (TPSA) is 21.3 Å². The van der Waals surface area contributed by atoms with Crippen LogP contribution in [0.25, 0.3) is 0 Å². The quantitative estimate of drug-likeness (QED) is 0.455. The van der Waals surface area contributed by atoms with Crippen molar-refractivity contribution < 1.29 is 4.74 Å². The lowest BCUT2D eigenvalue weighted by atomic mass is 10.0. The van der Waals surface area contributed by atoms with E-state index in [0.29, 0.717) is 12.1 Å². The molecule has 0 rings (SSSR count). The normalized spacial score (nSPS) is 15.1. The van der Waals surface area contributed by atoms with Crippen molar-refractivity contribution in [2.75, 3.05) is 13.7 Å². The predicted octanol–water partition coefficient (Wildman–Crippen LogP) is 2.75. The first-order valence-electron chi connectivity index (χ1n) is 5.69. The first-order valence-corrected chi connectivity index (χ1v) is 5.69. The summed E-state index contributed by atoms with van der Waals surface area (Å²) in [5, 5.41) is 3.34. The summed E-state index contributed by atoms with van der Waals surface area (Å²) in [6, 6.07) is 0.486. The van der Waals surface area contributed by atoms with Gasteiger partial charge in [-0.25, -0.2) is 0 Å². The zero-order valence-corrected chi connectivity index (χ0v) is 9.88. The summed E-state index contributed by atoms with van der Waals surface area (Å²) in [7, 11) is 2.01. The molecule has 0 saturated heterocycles. The van der Waals surface area contributed by atoms with Crippen LogP contribution in [0.4, 0.5) is 0 Å². The predicted molar refractivity (Wildman–Crippen MR) is 62.6 cm³/mol. The summed E-state index contributed by atoms with van der Waals surface area (Å²) in [4.78, 5) is 0. The lowest BCUT2D eigenvalue weighted by Gasteiger charge is -2.25. The van der Waals surface area contributed by atoms with Gasteiger partial charge in [0, 0.05) is 12.6 Å². The van der Waals surface area contributed by atoms with Crippen LogP contribution in [-0.4, -0.2) is 25.8 Å². The van der Waals surface area contributed by atoms with Crippen LogP contribution in [0.5, 0.6) is 0 Å². The van der Waals surface area contributed by atoms with Gasteiger partial charge in [-0.2, -0.15) is 0 Å². The molecule has 2 atom stereocenters. The Morgan fingerprint density at radius 2 is 2.14 bits per heavy atom. The van der Waals surface area contributed by atoms with Crippen LogP contribution in [0, 0.1) is 0 Å². The highest BCUT2D eigenvalue weighted by molar-refractivity contribution is 4.76. The van der Waals surface area contributed by atoms with Gasteiger partial charge in [-0.15, -0.1) is 6.58 Å². The fraction of sp³-hybridized carbons (Fsp3) is 0.833. The average Bonchev–Trinajstić information content (AvgIpc) is 2.22. The summed E-state index contributed by atoms with van der Waals surface area (Å²) in [5.74, 6) is 0. The van der Waals surface area contributed by atoms with Crippen molar-refractivity contribution in [1.82, 2.24) is 5.32 Å². The Labute approximate surface area is 88.7 Å². The number of rotatable bonds is 9. The van der Waals surface area contributed by atoms with Crippen molar-refractivity contribution in [1.29, 1.82) is 0 Å². The Bertz CT molecular complexity index is 136. The largest absolute Gasteiger partial charge is 0.377 e. The Hall–Kier alpha value is -0.340. The summed E-state index contributed by atoms with van der Waals surface area (Å²) in [6.07, 6.45) is 6.87. The van der Waals surface area contributed by atoms with Gasteiger partial charge in [0.1, 0.15) is 0 Å². The molecular formula is C12H25NO. The maximum Gasteiger partial charge on any atom is 0.0725 e. The number of nitrogens with one attached hydrogen (secondary N) is 1. The highest BCUT2D eigenvalue weighted by atomic mass is 16.5. The smallest absolute Gasteiger partial charge is 0.0725 e. The van der Waals surface area contributed by atoms with Crippen molar-refractivity contribution in [2.45, 2.75) is 51.7 Å². The molecule has 0 radical (unpaired) electrons. The molecule has 0 bridgehead atoms. The van der Waals surface area contributed by atoms with Gasteiger partial charge in [-0.05, 0) is 39.7 Å². The Balaban J connectivity index is 3.87. The highest BCUT2D eigenvalue weighted by Gasteiger charge is 2.17. The third kappa shape index (κ3) is 5.40. The minimum absolute atomic E-state index is 0.356. The van der Waals surface area contributed by atoms with Gasteiger partial charge in [0.2, 0.25) is 0 Å². The summed E-state index contributed by atoms with van der Waals surface area (Å²) in [6.45, 7) is 8.77. The SMILES string of the molecule is C=CCCCC(NC)C(CC)OCC. The van der Waals surface area contributed by atoms with Crippen LogP contribution >= 0.6 is 0 Å². The second-order valence-corrected chi connectivity index (χ2v) is 3.52. The lowest BCUT2D eigenvalue weighted by molar-refractivity contribution is 0.0312. The van der Waals surface area contributed by atoms with E-state index in [9.17, 15) is 0 Å². The number of allylic oxidation sites excluding steroid dienone is 1. The zero-order chi connectivity index (χ0) is 10.8. The molecule has 0 amide bonds. The van der Waals surface area contributed by atoms with E-state index < -0.39 is 0 Å². The van der Waals surface area contributed by atoms with Gasteiger partial charge in [0.25, 0.3) is 0 Å². The lowest BCUT2D eigenvalue weighted by Crippen LogP contribution is -2.39. The number of hydrogen-bond donors (Lipinski definition) is 1. The van der Waals surface area contributed by atoms with Crippen LogP contribution in [0.1, 0.15) is 39.5 Å². The molecule has 2 unspecified atom stereocenters. The van der Waals surface area contributed by atoms with E-state index in [0.717, 1.165) is 19.4 Å². The molecule has 14 heavy (non-hydrogen) atoms. The monoisotopic (exact) mass is 199 g/mol. The Kier molecular flexibility index (Phi) is 9.00. The van der Waals surface area contributed by atoms with E-state index in [1.807, 2.05) is 13.1 Å². The Morgan fingerprint density at radius 1 is 1.43 bits per heavy atom. The molecule has 0 aliphatic heterocycles. The second-order valence-electron chi connectivity index (χ2n) is 3.52. The van der Waals surface area contributed by atoms with Crippen molar-refractivity contribution in [2.24, 2.45) is 0 Å². The van der Waals surface area contributed by atoms with Crippen molar-refractivity contribution in [3.8, 4) is 0 Å². The summed E-state index contributed by atoms with van der Waals surface area (Å²) in [5.41, 5.74) is 0. The second kappa shape index (κ2) is 9.22. The molecule has 2 nitrogen and oxygen atoms in total. The third-order valence-corrected chi connectivity index (χ3v) is 2.53. The van der Waals surface area contributed by atoms with Crippen LogP contribution in [0.3, 0.4) is 0 Å². The minimum Gasteiger partial charge on any atom is -0.377 e. The molecule has 0 aliphatic carbocycles. The third-order valence-electron chi connectivity index (χ3n) is 2.53. The van der Waals surface area contributed by atoms with Crippen LogP contribution in [0.2, 0.25) is 0 Å². The van der Waals surface area contributed by atoms with Crippen LogP contribution in [-0.2, 0) is 4.74 Å². The average molecular weight is 199 g/mol. The first-order chi connectivity index (χ1) is 6.79. The number of unbranched alkanes of at least 4 members (excludes halogenated alkanes) is 1. The van der Waals surface area contributed by atoms with Gasteiger partial charge in [0.05, 0.1) is 6.10 Å². The van der Waals surface area contributed by atoms with E-state index in [2.05, 4.69) is 25.7 Å². The molecule has 0 aliphatic rings. The van der Waals surface area contributed by atoms with E-state index >= 15 is 0 Å². The summed E-state index contributed by atoms with van der Waals surface area (Å²) < 4.78 is 5.69. The van der Waals surface area contributed by atoms with Gasteiger partial charge in [0.15, 0.2) is 0 Å². The fourth-order valence-corrected chi connectivity index (χ4v) is 1.73.